The number of aromatic nitrogens is 1. The predicted molar refractivity (Wildman–Crippen MR) is 90.4 cm³/mol. The summed E-state index contributed by atoms with van der Waals surface area (Å²) in [5.41, 5.74) is 4.36. The van der Waals surface area contributed by atoms with Crippen molar-refractivity contribution < 1.29 is 4.79 Å². The molecule has 0 saturated heterocycles. The van der Waals surface area contributed by atoms with Gasteiger partial charge in [-0.2, -0.15) is 5.26 Å². The first-order valence-corrected chi connectivity index (χ1v) is 8.81. The Morgan fingerprint density at radius 1 is 1.35 bits per heavy atom. The van der Waals surface area contributed by atoms with Gasteiger partial charge in [0, 0.05) is 5.92 Å². The van der Waals surface area contributed by atoms with Crippen LogP contribution in [0.15, 0.2) is 29.8 Å². The highest BCUT2D eigenvalue weighted by Crippen LogP contribution is 2.36. The minimum absolute atomic E-state index is 0.0498. The zero-order valence-electron chi connectivity index (χ0n) is 13.1. The van der Waals surface area contributed by atoms with Gasteiger partial charge in [-0.15, -0.1) is 11.3 Å². The summed E-state index contributed by atoms with van der Waals surface area (Å²) < 4.78 is 0. The van der Waals surface area contributed by atoms with Crippen LogP contribution in [-0.4, -0.2) is 10.9 Å². The molecule has 4 nitrogen and oxygen atoms in total. The third-order valence-corrected chi connectivity index (χ3v) is 5.27. The number of carbonyl (C=O) groups excluding carboxylic acids is 1. The van der Waals surface area contributed by atoms with E-state index in [1.54, 1.807) is 17.6 Å². The van der Waals surface area contributed by atoms with E-state index in [0.717, 1.165) is 29.0 Å². The second kappa shape index (κ2) is 6.93. The van der Waals surface area contributed by atoms with E-state index in [0.29, 0.717) is 11.5 Å². The second-order valence-electron chi connectivity index (χ2n) is 5.98. The van der Waals surface area contributed by atoms with Crippen molar-refractivity contribution in [3.8, 4) is 6.07 Å². The Hall–Kier alpha value is -2.19. The third-order valence-electron chi connectivity index (χ3n) is 4.43. The first-order valence-electron chi connectivity index (χ1n) is 7.93. The van der Waals surface area contributed by atoms with Gasteiger partial charge < -0.3 is 5.32 Å². The number of nitrogens with zero attached hydrogens (tertiary/aromatic N) is 2. The highest BCUT2D eigenvalue weighted by atomic mass is 32.1. The molecule has 1 amide bonds. The number of carbonyl (C=O) groups is 1. The molecule has 2 aromatic rings. The number of benzene rings is 1. The molecule has 118 valence electrons. The molecule has 0 aliphatic heterocycles. The lowest BCUT2D eigenvalue weighted by atomic mass is 10.0. The molecule has 5 heteroatoms. The number of amides is 1. The molecule has 0 spiro atoms. The third kappa shape index (κ3) is 3.43. The summed E-state index contributed by atoms with van der Waals surface area (Å²) in [6.45, 7) is 1.95. The zero-order chi connectivity index (χ0) is 16.2. The normalized spacial score (nSPS) is 16.0. The fraction of sp³-hybridized carbons (Fsp3) is 0.389. The summed E-state index contributed by atoms with van der Waals surface area (Å²) in [6.07, 6.45) is 4.72. The average molecular weight is 325 g/mol. The van der Waals surface area contributed by atoms with Crippen molar-refractivity contribution in [3.63, 3.8) is 0 Å². The highest BCUT2D eigenvalue weighted by molar-refractivity contribution is 7.11. The lowest BCUT2D eigenvalue weighted by Gasteiger charge is -2.15. The van der Waals surface area contributed by atoms with Crippen molar-refractivity contribution in [1.29, 1.82) is 5.26 Å². The van der Waals surface area contributed by atoms with Gasteiger partial charge in [0.15, 0.2) is 0 Å². The van der Waals surface area contributed by atoms with Gasteiger partial charge in [-0.05, 0) is 37.5 Å². The van der Waals surface area contributed by atoms with Gasteiger partial charge in [-0.25, -0.2) is 4.98 Å². The summed E-state index contributed by atoms with van der Waals surface area (Å²) in [5, 5.41) is 11.9. The number of nitriles is 1. The Bertz CT molecular complexity index is 723. The van der Waals surface area contributed by atoms with Crippen LogP contribution in [-0.2, 0) is 0 Å². The molecule has 1 saturated carbocycles. The van der Waals surface area contributed by atoms with Crippen LogP contribution >= 0.6 is 11.3 Å². The number of hydrogen-bond acceptors (Lipinski definition) is 4. The standard InChI is InChI=1S/C18H19N3OS/c1-12(14-8-6-13(10-19)7-9-14)21-18(22)17-16(20-11-23-17)15-4-2-3-5-15/h6-9,11-12,15H,2-5H2,1H3,(H,21,22)/t12-/m1/s1. The molecule has 3 rings (SSSR count). The number of thiazole rings is 1. The van der Waals surface area contributed by atoms with Crippen LogP contribution in [0, 0.1) is 11.3 Å². The fourth-order valence-corrected chi connectivity index (χ4v) is 3.88. The van der Waals surface area contributed by atoms with E-state index in [2.05, 4.69) is 16.4 Å². The quantitative estimate of drug-likeness (QED) is 0.917. The average Bonchev–Trinajstić information content (AvgIpc) is 3.25. The molecule has 1 atom stereocenters. The molecule has 1 aromatic heterocycles. The van der Waals surface area contributed by atoms with Crippen molar-refractivity contribution in [2.24, 2.45) is 0 Å². The molecule has 1 aliphatic carbocycles. The predicted octanol–water partition coefficient (Wildman–Crippen LogP) is 4.16. The minimum atomic E-state index is -0.103. The SMILES string of the molecule is C[C@@H](NC(=O)c1scnc1C1CCCC1)c1ccc(C#N)cc1. The summed E-state index contributed by atoms with van der Waals surface area (Å²) in [6, 6.07) is 9.31. The van der Waals surface area contributed by atoms with Gasteiger partial charge in [0.1, 0.15) is 4.88 Å². The maximum absolute atomic E-state index is 12.6. The highest BCUT2D eigenvalue weighted by Gasteiger charge is 2.25. The summed E-state index contributed by atoms with van der Waals surface area (Å²) in [7, 11) is 0. The van der Waals surface area contributed by atoms with E-state index in [-0.39, 0.29) is 11.9 Å². The summed E-state index contributed by atoms with van der Waals surface area (Å²) >= 11 is 1.42. The fourth-order valence-electron chi connectivity index (χ4n) is 3.11. The zero-order valence-corrected chi connectivity index (χ0v) is 13.9. The van der Waals surface area contributed by atoms with Crippen LogP contribution in [0.1, 0.15) is 71.1 Å². The maximum atomic E-state index is 12.6. The molecule has 0 bridgehead atoms. The number of rotatable bonds is 4. The van der Waals surface area contributed by atoms with Gasteiger partial charge in [0.25, 0.3) is 5.91 Å². The van der Waals surface area contributed by atoms with Crippen LogP contribution in [0.2, 0.25) is 0 Å². The molecular weight excluding hydrogens is 306 g/mol. The van der Waals surface area contributed by atoms with Gasteiger partial charge in [0.2, 0.25) is 0 Å². The smallest absolute Gasteiger partial charge is 0.263 e. The second-order valence-corrected chi connectivity index (χ2v) is 6.83. The van der Waals surface area contributed by atoms with Crippen LogP contribution < -0.4 is 5.32 Å². The number of nitrogens with one attached hydrogen (secondary N) is 1. The molecular formula is C18H19N3OS. The van der Waals surface area contributed by atoms with Gasteiger partial charge in [-0.1, -0.05) is 25.0 Å². The molecule has 1 aliphatic rings. The molecule has 0 unspecified atom stereocenters. The van der Waals surface area contributed by atoms with E-state index in [9.17, 15) is 4.79 Å². The van der Waals surface area contributed by atoms with Crippen LogP contribution in [0.3, 0.4) is 0 Å². The lowest BCUT2D eigenvalue weighted by molar-refractivity contribution is 0.0942. The van der Waals surface area contributed by atoms with Crippen molar-refractivity contribution in [1.82, 2.24) is 10.3 Å². The molecule has 0 radical (unpaired) electrons. The maximum Gasteiger partial charge on any atom is 0.263 e. The van der Waals surface area contributed by atoms with E-state index in [1.807, 2.05) is 19.1 Å². The van der Waals surface area contributed by atoms with Crippen LogP contribution in [0.25, 0.3) is 0 Å². The van der Waals surface area contributed by atoms with Crippen LogP contribution in [0.5, 0.6) is 0 Å². The first kappa shape index (κ1) is 15.7. The first-order chi connectivity index (χ1) is 11.2. The topological polar surface area (TPSA) is 65.8 Å². The largest absolute Gasteiger partial charge is 0.345 e. The van der Waals surface area contributed by atoms with Crippen LogP contribution in [0.4, 0.5) is 0 Å². The lowest BCUT2D eigenvalue weighted by Crippen LogP contribution is -2.27. The van der Waals surface area contributed by atoms with Crippen molar-refractivity contribution in [2.75, 3.05) is 0 Å². The van der Waals surface area contributed by atoms with E-state index in [1.165, 1.54) is 24.2 Å². The van der Waals surface area contributed by atoms with Gasteiger partial charge in [-0.3, -0.25) is 4.79 Å². The summed E-state index contributed by atoms with van der Waals surface area (Å²) in [4.78, 5) is 17.8. The van der Waals surface area contributed by atoms with Crippen molar-refractivity contribution in [3.05, 3.63) is 51.5 Å². The Morgan fingerprint density at radius 3 is 2.70 bits per heavy atom. The Labute approximate surface area is 140 Å². The summed E-state index contributed by atoms with van der Waals surface area (Å²) in [5.74, 6) is 0.387. The monoisotopic (exact) mass is 325 g/mol. The van der Waals surface area contributed by atoms with Crippen molar-refractivity contribution in [2.45, 2.75) is 44.6 Å². The van der Waals surface area contributed by atoms with E-state index >= 15 is 0 Å². The molecule has 1 N–H and O–H groups in total. The van der Waals surface area contributed by atoms with Crippen molar-refractivity contribution >= 4 is 17.2 Å². The van der Waals surface area contributed by atoms with E-state index in [4.69, 9.17) is 5.26 Å². The Kier molecular flexibility index (Phi) is 4.73. The molecule has 1 fully saturated rings. The van der Waals surface area contributed by atoms with Gasteiger partial charge >= 0.3 is 0 Å². The van der Waals surface area contributed by atoms with Gasteiger partial charge in [0.05, 0.1) is 28.9 Å². The number of hydrogen-bond donors (Lipinski definition) is 1. The Morgan fingerprint density at radius 2 is 2.04 bits per heavy atom. The molecule has 1 aromatic carbocycles. The minimum Gasteiger partial charge on any atom is -0.345 e. The van der Waals surface area contributed by atoms with E-state index < -0.39 is 0 Å². The molecule has 1 heterocycles. The Balaban J connectivity index is 1.71. The molecule has 23 heavy (non-hydrogen) atoms.